The lowest BCUT2D eigenvalue weighted by molar-refractivity contribution is 0.101. The molecule has 78 valence electrons. The normalized spacial score (nSPS) is 10.9. The highest BCUT2D eigenvalue weighted by Gasteiger charge is 2.13. The van der Waals surface area contributed by atoms with Gasteiger partial charge in [-0.3, -0.25) is 4.79 Å². The molecule has 0 fully saturated rings. The predicted octanol–water partition coefficient (Wildman–Crippen LogP) is 4.20. The van der Waals surface area contributed by atoms with Crippen LogP contribution in [0.1, 0.15) is 23.0 Å². The second-order valence-corrected chi connectivity index (χ2v) is 5.26. The van der Waals surface area contributed by atoms with Crippen molar-refractivity contribution < 1.29 is 4.79 Å². The molecule has 0 aliphatic rings. The quantitative estimate of drug-likeness (QED) is 0.781. The number of ketones is 1. The maximum Gasteiger partial charge on any atom is 0.176 e. The molecular formula is C11H9Br2NO. The van der Waals surface area contributed by atoms with Crippen LogP contribution in [0.2, 0.25) is 0 Å². The topological polar surface area (TPSA) is 32.9 Å². The number of nitrogens with one attached hydrogen (secondary N) is 1. The minimum absolute atomic E-state index is 0.0618. The molecule has 0 bridgehead atoms. The van der Waals surface area contributed by atoms with Gasteiger partial charge in [0.25, 0.3) is 0 Å². The Balaban J connectivity index is 2.88. The first-order valence-corrected chi connectivity index (χ1v) is 6.07. The second kappa shape index (κ2) is 3.76. The summed E-state index contributed by atoms with van der Waals surface area (Å²) in [5, 5.41) is 1.07. The Hall–Kier alpha value is -0.610. The van der Waals surface area contributed by atoms with Gasteiger partial charge in [-0.15, -0.1) is 0 Å². The van der Waals surface area contributed by atoms with Crippen LogP contribution in [0.5, 0.6) is 0 Å². The zero-order chi connectivity index (χ0) is 11.2. The van der Waals surface area contributed by atoms with Gasteiger partial charge < -0.3 is 4.98 Å². The molecule has 15 heavy (non-hydrogen) atoms. The van der Waals surface area contributed by atoms with Crippen LogP contribution in [0.25, 0.3) is 10.9 Å². The molecule has 2 aromatic rings. The molecule has 0 saturated carbocycles. The molecule has 2 nitrogen and oxygen atoms in total. The Kier molecular flexibility index (Phi) is 2.73. The Morgan fingerprint density at radius 2 is 2.00 bits per heavy atom. The number of rotatable bonds is 1. The molecule has 1 aromatic heterocycles. The van der Waals surface area contributed by atoms with Crippen LogP contribution in [0.3, 0.4) is 0 Å². The molecule has 1 N–H and O–H groups in total. The van der Waals surface area contributed by atoms with E-state index in [2.05, 4.69) is 36.8 Å². The van der Waals surface area contributed by atoms with Crippen molar-refractivity contribution in [3.63, 3.8) is 0 Å². The number of aryl methyl sites for hydroxylation is 1. The Labute approximate surface area is 104 Å². The number of hydrogen-bond donors (Lipinski definition) is 1. The van der Waals surface area contributed by atoms with E-state index in [-0.39, 0.29) is 5.78 Å². The summed E-state index contributed by atoms with van der Waals surface area (Å²) in [6, 6.07) is 3.95. The largest absolute Gasteiger partial charge is 0.352 e. The zero-order valence-corrected chi connectivity index (χ0v) is 11.5. The lowest BCUT2D eigenvalue weighted by Crippen LogP contribution is -1.93. The Bertz CT molecular complexity index is 557. The van der Waals surface area contributed by atoms with E-state index in [9.17, 15) is 4.79 Å². The molecule has 0 spiro atoms. The fraction of sp³-hybridized carbons (Fsp3) is 0.182. The van der Waals surface area contributed by atoms with Gasteiger partial charge in [-0.25, -0.2) is 0 Å². The highest BCUT2D eigenvalue weighted by Crippen LogP contribution is 2.32. The number of carbonyl (C=O) groups excluding carboxylic acids is 1. The third-order valence-corrected chi connectivity index (χ3v) is 3.50. The van der Waals surface area contributed by atoms with Crippen LogP contribution >= 0.6 is 31.9 Å². The number of hydrogen-bond acceptors (Lipinski definition) is 1. The van der Waals surface area contributed by atoms with E-state index in [1.54, 1.807) is 6.92 Å². The van der Waals surface area contributed by atoms with Gasteiger partial charge in [0.2, 0.25) is 0 Å². The van der Waals surface area contributed by atoms with E-state index < -0.39 is 0 Å². The molecule has 2 rings (SSSR count). The summed E-state index contributed by atoms with van der Waals surface area (Å²) in [5.41, 5.74) is 2.65. The highest BCUT2D eigenvalue weighted by molar-refractivity contribution is 9.11. The number of aromatic nitrogens is 1. The van der Waals surface area contributed by atoms with Gasteiger partial charge >= 0.3 is 0 Å². The molecule has 0 amide bonds. The van der Waals surface area contributed by atoms with Crippen molar-refractivity contribution in [2.24, 2.45) is 0 Å². The molecular weight excluding hydrogens is 322 g/mol. The molecule has 0 aliphatic carbocycles. The number of H-pyrrole nitrogens is 1. The van der Waals surface area contributed by atoms with Crippen LogP contribution < -0.4 is 0 Å². The third-order valence-electron chi connectivity index (χ3n) is 2.42. The highest BCUT2D eigenvalue weighted by atomic mass is 79.9. The maximum absolute atomic E-state index is 11.4. The van der Waals surface area contributed by atoms with Crippen molar-refractivity contribution in [2.45, 2.75) is 13.8 Å². The molecule has 0 radical (unpaired) electrons. The van der Waals surface area contributed by atoms with Crippen LogP contribution in [-0.2, 0) is 0 Å². The number of carbonyl (C=O) groups is 1. The standard InChI is InChI=1S/C11H9Br2NO/c1-5-10-8(13)3-7(12)4-9(10)14-11(5)6(2)15/h3-4,14H,1-2H3. The van der Waals surface area contributed by atoms with E-state index in [4.69, 9.17) is 0 Å². The van der Waals surface area contributed by atoms with Crippen molar-refractivity contribution in [3.05, 3.63) is 32.3 Å². The third kappa shape index (κ3) is 1.76. The van der Waals surface area contributed by atoms with Crippen molar-refractivity contribution in [2.75, 3.05) is 0 Å². The van der Waals surface area contributed by atoms with Crippen LogP contribution in [0.15, 0.2) is 21.1 Å². The minimum Gasteiger partial charge on any atom is -0.352 e. The summed E-state index contributed by atoms with van der Waals surface area (Å²) in [7, 11) is 0. The van der Waals surface area contributed by atoms with E-state index in [0.717, 1.165) is 25.4 Å². The number of fused-ring (bicyclic) bond motifs is 1. The lowest BCUT2D eigenvalue weighted by atomic mass is 10.1. The Morgan fingerprint density at radius 3 is 2.60 bits per heavy atom. The first-order valence-electron chi connectivity index (χ1n) is 4.49. The minimum atomic E-state index is 0.0618. The molecule has 1 heterocycles. The predicted molar refractivity (Wildman–Crippen MR) is 68.4 cm³/mol. The van der Waals surface area contributed by atoms with Gasteiger partial charge in [-0.1, -0.05) is 31.9 Å². The van der Waals surface area contributed by atoms with Crippen LogP contribution in [-0.4, -0.2) is 10.8 Å². The van der Waals surface area contributed by atoms with E-state index in [0.29, 0.717) is 5.69 Å². The molecule has 0 aliphatic heterocycles. The van der Waals surface area contributed by atoms with E-state index >= 15 is 0 Å². The lowest BCUT2D eigenvalue weighted by Gasteiger charge is -1.97. The van der Waals surface area contributed by atoms with Gasteiger partial charge in [-0.05, 0) is 24.6 Å². The fourth-order valence-electron chi connectivity index (χ4n) is 1.76. The molecule has 0 saturated heterocycles. The summed E-state index contributed by atoms with van der Waals surface area (Å²) in [4.78, 5) is 14.5. The number of benzene rings is 1. The van der Waals surface area contributed by atoms with Crippen LogP contribution in [0, 0.1) is 6.92 Å². The molecule has 4 heteroatoms. The van der Waals surface area contributed by atoms with Crippen molar-refractivity contribution >= 4 is 48.5 Å². The summed E-state index contributed by atoms with van der Waals surface area (Å²) in [5.74, 6) is 0.0618. The average molecular weight is 331 g/mol. The summed E-state index contributed by atoms with van der Waals surface area (Å²) < 4.78 is 1.98. The van der Waals surface area contributed by atoms with Crippen LogP contribution in [0.4, 0.5) is 0 Å². The summed E-state index contributed by atoms with van der Waals surface area (Å²) in [6.45, 7) is 3.52. The van der Waals surface area contributed by atoms with Crippen molar-refractivity contribution in [1.29, 1.82) is 0 Å². The van der Waals surface area contributed by atoms with Crippen molar-refractivity contribution in [3.8, 4) is 0 Å². The molecule has 0 unspecified atom stereocenters. The number of halogens is 2. The van der Waals surface area contributed by atoms with E-state index in [1.807, 2.05) is 19.1 Å². The Morgan fingerprint density at radius 1 is 1.33 bits per heavy atom. The second-order valence-electron chi connectivity index (χ2n) is 3.49. The zero-order valence-electron chi connectivity index (χ0n) is 8.32. The number of Topliss-reactive ketones (excluding diaryl/α,β-unsaturated/α-hetero) is 1. The SMILES string of the molecule is CC(=O)c1[nH]c2cc(Br)cc(Br)c2c1C. The average Bonchev–Trinajstić information content (AvgIpc) is 2.42. The first-order chi connectivity index (χ1) is 7.00. The maximum atomic E-state index is 11.4. The van der Waals surface area contributed by atoms with Gasteiger partial charge in [-0.2, -0.15) is 0 Å². The fourth-order valence-corrected chi connectivity index (χ4v) is 3.28. The molecule has 0 atom stereocenters. The first kappa shape index (κ1) is 10.9. The van der Waals surface area contributed by atoms with Gasteiger partial charge in [0.05, 0.1) is 5.69 Å². The summed E-state index contributed by atoms with van der Waals surface area (Å²) in [6.07, 6.45) is 0. The van der Waals surface area contributed by atoms with E-state index in [1.165, 1.54) is 0 Å². The van der Waals surface area contributed by atoms with Gasteiger partial charge in [0, 0.05) is 26.8 Å². The monoisotopic (exact) mass is 329 g/mol. The molecule has 1 aromatic carbocycles. The van der Waals surface area contributed by atoms with Gasteiger partial charge in [0.1, 0.15) is 0 Å². The van der Waals surface area contributed by atoms with Gasteiger partial charge in [0.15, 0.2) is 5.78 Å². The number of aromatic amines is 1. The summed E-state index contributed by atoms with van der Waals surface area (Å²) >= 11 is 6.92. The van der Waals surface area contributed by atoms with Crippen molar-refractivity contribution in [1.82, 2.24) is 4.98 Å². The smallest absolute Gasteiger partial charge is 0.176 e.